The third kappa shape index (κ3) is 4.49. The highest BCUT2D eigenvalue weighted by Crippen LogP contribution is 2.16. The Hall–Kier alpha value is -2.05. The number of ether oxygens (including phenoxy) is 1. The van der Waals surface area contributed by atoms with Gasteiger partial charge in [0, 0.05) is 19.3 Å². The van der Waals surface area contributed by atoms with Gasteiger partial charge in [-0.05, 0) is 43.1 Å². The first-order chi connectivity index (χ1) is 11.3. The molecule has 0 saturated carbocycles. The molecule has 24 heavy (non-hydrogen) atoms. The normalized spacial score (nSPS) is 17.0. The summed E-state index contributed by atoms with van der Waals surface area (Å²) in [6, 6.07) is 9.75. The number of halogens is 1. The number of rotatable bonds is 5. The molecule has 1 fully saturated rings. The fraction of sp³-hybridized carbons (Fsp3) is 0.412. The summed E-state index contributed by atoms with van der Waals surface area (Å²) in [7, 11) is 1.63. The zero-order valence-corrected chi connectivity index (χ0v) is 14.5. The smallest absolute Gasteiger partial charge is 0.272 e. The highest BCUT2D eigenvalue weighted by Gasteiger charge is 2.17. The van der Waals surface area contributed by atoms with Gasteiger partial charge in [-0.1, -0.05) is 12.1 Å². The van der Waals surface area contributed by atoms with Gasteiger partial charge in [0.15, 0.2) is 0 Å². The number of amides is 1. The quantitative estimate of drug-likeness (QED) is 0.867. The van der Waals surface area contributed by atoms with Crippen LogP contribution in [0.5, 0.6) is 5.75 Å². The standard InChI is InChI=1S/C17H22N4O2.ClH/c1-23-15-6-4-13(5-7-15)11-19-17(22)16-8-10-21(20-16)14-3-2-9-18-12-14;/h4-8,10,14,18H,2-3,9,11-12H2,1H3,(H,19,22);1H. The molecule has 0 bridgehead atoms. The van der Waals surface area contributed by atoms with E-state index >= 15 is 0 Å². The summed E-state index contributed by atoms with van der Waals surface area (Å²) < 4.78 is 7.02. The van der Waals surface area contributed by atoms with Gasteiger partial charge in [-0.15, -0.1) is 12.4 Å². The zero-order chi connectivity index (χ0) is 16.1. The first-order valence-electron chi connectivity index (χ1n) is 7.93. The number of carbonyl (C=O) groups is 1. The summed E-state index contributed by atoms with van der Waals surface area (Å²) in [6.07, 6.45) is 4.13. The Morgan fingerprint density at radius 2 is 2.17 bits per heavy atom. The third-order valence-corrected chi connectivity index (χ3v) is 4.10. The molecule has 1 aromatic carbocycles. The molecule has 130 valence electrons. The molecule has 1 unspecified atom stereocenters. The van der Waals surface area contributed by atoms with Gasteiger partial charge < -0.3 is 15.4 Å². The summed E-state index contributed by atoms with van der Waals surface area (Å²) in [4.78, 5) is 12.2. The highest BCUT2D eigenvalue weighted by molar-refractivity contribution is 5.92. The van der Waals surface area contributed by atoms with Crippen LogP contribution in [0.1, 0.15) is 34.9 Å². The fourth-order valence-electron chi connectivity index (χ4n) is 2.74. The monoisotopic (exact) mass is 350 g/mol. The molecule has 1 atom stereocenters. The number of nitrogens with zero attached hydrogens (tertiary/aromatic N) is 2. The van der Waals surface area contributed by atoms with Gasteiger partial charge >= 0.3 is 0 Å². The van der Waals surface area contributed by atoms with Crippen molar-refractivity contribution in [2.24, 2.45) is 0 Å². The molecule has 0 spiro atoms. The number of piperidine rings is 1. The van der Waals surface area contributed by atoms with Crippen LogP contribution in [0, 0.1) is 0 Å². The molecule has 1 saturated heterocycles. The molecule has 1 amide bonds. The molecule has 1 aliphatic rings. The van der Waals surface area contributed by atoms with Gasteiger partial charge in [-0.3, -0.25) is 9.48 Å². The van der Waals surface area contributed by atoms with Gasteiger partial charge in [0.25, 0.3) is 5.91 Å². The molecule has 7 heteroatoms. The van der Waals surface area contributed by atoms with Crippen LogP contribution in [0.2, 0.25) is 0 Å². The minimum atomic E-state index is -0.150. The van der Waals surface area contributed by atoms with E-state index in [1.807, 2.05) is 35.1 Å². The highest BCUT2D eigenvalue weighted by atomic mass is 35.5. The Morgan fingerprint density at radius 1 is 1.38 bits per heavy atom. The maximum Gasteiger partial charge on any atom is 0.272 e. The largest absolute Gasteiger partial charge is 0.497 e. The van der Waals surface area contributed by atoms with Crippen molar-refractivity contribution in [1.29, 1.82) is 0 Å². The molecule has 2 N–H and O–H groups in total. The van der Waals surface area contributed by atoms with Crippen LogP contribution in [0.3, 0.4) is 0 Å². The number of carbonyl (C=O) groups excluding carboxylic acids is 1. The lowest BCUT2D eigenvalue weighted by Gasteiger charge is -2.22. The van der Waals surface area contributed by atoms with E-state index in [1.165, 1.54) is 0 Å². The molecule has 2 heterocycles. The predicted molar refractivity (Wildman–Crippen MR) is 94.8 cm³/mol. The van der Waals surface area contributed by atoms with Crippen LogP contribution >= 0.6 is 12.4 Å². The maximum atomic E-state index is 12.2. The third-order valence-electron chi connectivity index (χ3n) is 4.10. The van der Waals surface area contributed by atoms with Crippen molar-refractivity contribution in [2.75, 3.05) is 20.2 Å². The van der Waals surface area contributed by atoms with E-state index in [0.717, 1.165) is 37.2 Å². The maximum absolute atomic E-state index is 12.2. The van der Waals surface area contributed by atoms with E-state index in [9.17, 15) is 4.79 Å². The molecule has 1 aromatic heterocycles. The van der Waals surface area contributed by atoms with Crippen LogP contribution in [0.4, 0.5) is 0 Å². The second-order valence-corrected chi connectivity index (χ2v) is 5.71. The Kier molecular flexibility index (Phi) is 6.63. The molecule has 3 rings (SSSR count). The molecule has 0 radical (unpaired) electrons. The van der Waals surface area contributed by atoms with Crippen molar-refractivity contribution in [3.63, 3.8) is 0 Å². The average Bonchev–Trinajstić information content (AvgIpc) is 3.11. The number of nitrogens with one attached hydrogen (secondary N) is 2. The van der Waals surface area contributed by atoms with E-state index in [2.05, 4.69) is 15.7 Å². The lowest BCUT2D eigenvalue weighted by molar-refractivity contribution is 0.0944. The molecule has 2 aromatic rings. The number of hydrogen-bond acceptors (Lipinski definition) is 4. The van der Waals surface area contributed by atoms with E-state index in [-0.39, 0.29) is 18.3 Å². The van der Waals surface area contributed by atoms with Gasteiger partial charge in [0.2, 0.25) is 0 Å². The molecular formula is C17H23ClN4O2. The lowest BCUT2D eigenvalue weighted by Crippen LogP contribution is -2.32. The summed E-state index contributed by atoms with van der Waals surface area (Å²) >= 11 is 0. The topological polar surface area (TPSA) is 68.2 Å². The van der Waals surface area contributed by atoms with Crippen LogP contribution in [-0.4, -0.2) is 35.9 Å². The van der Waals surface area contributed by atoms with Gasteiger partial charge in [0.05, 0.1) is 13.2 Å². The number of benzene rings is 1. The van der Waals surface area contributed by atoms with Crippen LogP contribution in [0.25, 0.3) is 0 Å². The Labute approximate surface area is 148 Å². The van der Waals surface area contributed by atoms with E-state index in [4.69, 9.17) is 4.74 Å². The van der Waals surface area contributed by atoms with Crippen molar-refractivity contribution < 1.29 is 9.53 Å². The van der Waals surface area contributed by atoms with Crippen molar-refractivity contribution >= 4 is 18.3 Å². The summed E-state index contributed by atoms with van der Waals surface area (Å²) in [5.41, 5.74) is 1.49. The molecule has 0 aliphatic carbocycles. The molecule has 6 nitrogen and oxygen atoms in total. The minimum absolute atomic E-state index is 0. The number of methoxy groups -OCH3 is 1. The average molecular weight is 351 g/mol. The van der Waals surface area contributed by atoms with Crippen molar-refractivity contribution in [2.45, 2.75) is 25.4 Å². The lowest BCUT2D eigenvalue weighted by atomic mass is 10.1. The molecular weight excluding hydrogens is 328 g/mol. The van der Waals surface area contributed by atoms with Gasteiger partial charge in [-0.25, -0.2) is 0 Å². The summed E-state index contributed by atoms with van der Waals surface area (Å²) in [5.74, 6) is 0.656. The van der Waals surface area contributed by atoms with Gasteiger partial charge in [0.1, 0.15) is 11.4 Å². The summed E-state index contributed by atoms with van der Waals surface area (Å²) in [6.45, 7) is 2.45. The SMILES string of the molecule is COc1ccc(CNC(=O)c2ccn(C3CCCNC3)n2)cc1.Cl. The molecule has 1 aliphatic heterocycles. The van der Waals surface area contributed by atoms with Crippen LogP contribution < -0.4 is 15.4 Å². The van der Waals surface area contributed by atoms with Crippen molar-refractivity contribution in [3.05, 3.63) is 47.8 Å². The minimum Gasteiger partial charge on any atom is -0.497 e. The Balaban J connectivity index is 0.00000208. The fourth-order valence-corrected chi connectivity index (χ4v) is 2.74. The van der Waals surface area contributed by atoms with E-state index in [0.29, 0.717) is 18.3 Å². The first kappa shape index (κ1) is 18.3. The predicted octanol–water partition coefficient (Wildman–Crippen LogP) is 2.17. The van der Waals surface area contributed by atoms with E-state index in [1.54, 1.807) is 13.2 Å². The first-order valence-corrected chi connectivity index (χ1v) is 7.93. The Bertz CT molecular complexity index is 651. The van der Waals surface area contributed by atoms with Crippen LogP contribution in [-0.2, 0) is 6.54 Å². The van der Waals surface area contributed by atoms with Gasteiger partial charge in [-0.2, -0.15) is 5.10 Å². The van der Waals surface area contributed by atoms with Crippen molar-refractivity contribution in [3.8, 4) is 5.75 Å². The summed E-state index contributed by atoms with van der Waals surface area (Å²) in [5, 5.41) is 10.7. The second kappa shape index (κ2) is 8.70. The number of hydrogen-bond donors (Lipinski definition) is 2. The zero-order valence-electron chi connectivity index (χ0n) is 13.7. The number of aromatic nitrogens is 2. The van der Waals surface area contributed by atoms with Crippen LogP contribution in [0.15, 0.2) is 36.5 Å². The van der Waals surface area contributed by atoms with Crippen molar-refractivity contribution in [1.82, 2.24) is 20.4 Å². The van der Waals surface area contributed by atoms with E-state index < -0.39 is 0 Å². The Morgan fingerprint density at radius 3 is 2.83 bits per heavy atom. The second-order valence-electron chi connectivity index (χ2n) is 5.71.